The molecule has 0 aromatic carbocycles. The average molecular weight is 262 g/mol. The van der Waals surface area contributed by atoms with Crippen LogP contribution in [0.1, 0.15) is 38.5 Å². The van der Waals surface area contributed by atoms with Crippen LogP contribution < -0.4 is 16.4 Å². The molecule has 5 nitrogen and oxygen atoms in total. The lowest BCUT2D eigenvalue weighted by Gasteiger charge is -2.13. The number of pyridine rings is 1. The normalized spacial score (nSPS) is 15.4. The molecule has 5 heteroatoms. The topological polar surface area (TPSA) is 80.0 Å². The predicted molar refractivity (Wildman–Crippen MR) is 77.0 cm³/mol. The lowest BCUT2D eigenvalue weighted by molar-refractivity contribution is -0.116. The Kier molecular flexibility index (Phi) is 5.15. The van der Waals surface area contributed by atoms with Crippen LogP contribution in [0.25, 0.3) is 0 Å². The van der Waals surface area contributed by atoms with Crippen LogP contribution in [0.2, 0.25) is 0 Å². The number of anilines is 2. The fraction of sp³-hybridized carbons (Fsp3) is 0.571. The van der Waals surface area contributed by atoms with Gasteiger partial charge in [0, 0.05) is 12.5 Å². The van der Waals surface area contributed by atoms with Gasteiger partial charge in [0.1, 0.15) is 5.82 Å². The molecule has 0 atom stereocenters. The molecule has 104 valence electrons. The van der Waals surface area contributed by atoms with E-state index >= 15 is 0 Å². The summed E-state index contributed by atoms with van der Waals surface area (Å²) in [5.41, 5.74) is 6.38. The van der Waals surface area contributed by atoms with Crippen molar-refractivity contribution < 1.29 is 4.79 Å². The Balaban J connectivity index is 1.82. The third-order valence-electron chi connectivity index (χ3n) is 3.36. The van der Waals surface area contributed by atoms with Crippen molar-refractivity contribution in [1.29, 1.82) is 0 Å². The minimum Gasteiger partial charge on any atom is -0.381 e. The zero-order chi connectivity index (χ0) is 13.5. The number of aromatic nitrogens is 1. The third kappa shape index (κ3) is 4.52. The van der Waals surface area contributed by atoms with Gasteiger partial charge in [-0.2, -0.15) is 0 Å². The monoisotopic (exact) mass is 262 g/mol. The second-order valence-corrected chi connectivity index (χ2v) is 5.00. The van der Waals surface area contributed by atoms with Gasteiger partial charge in [-0.05, 0) is 37.9 Å². The molecule has 1 saturated carbocycles. The maximum Gasteiger partial charge on any atom is 0.225 e. The van der Waals surface area contributed by atoms with Crippen LogP contribution in [0.5, 0.6) is 0 Å². The molecule has 4 N–H and O–H groups in total. The van der Waals surface area contributed by atoms with E-state index in [9.17, 15) is 4.79 Å². The molecule has 1 aliphatic rings. The van der Waals surface area contributed by atoms with E-state index < -0.39 is 0 Å². The summed E-state index contributed by atoms with van der Waals surface area (Å²) in [4.78, 5) is 15.8. The molecule has 1 aromatic rings. The van der Waals surface area contributed by atoms with E-state index in [4.69, 9.17) is 5.73 Å². The fourth-order valence-electron chi connectivity index (χ4n) is 2.33. The smallest absolute Gasteiger partial charge is 0.225 e. The summed E-state index contributed by atoms with van der Waals surface area (Å²) in [7, 11) is 0. The Morgan fingerprint density at radius 3 is 2.79 bits per heavy atom. The molecular weight excluding hydrogens is 240 g/mol. The molecule has 0 unspecified atom stereocenters. The number of hydrogen-bond donors (Lipinski definition) is 3. The lowest BCUT2D eigenvalue weighted by Crippen LogP contribution is -2.16. The van der Waals surface area contributed by atoms with E-state index in [0.29, 0.717) is 31.2 Å². The zero-order valence-electron chi connectivity index (χ0n) is 11.2. The van der Waals surface area contributed by atoms with Crippen LogP contribution >= 0.6 is 0 Å². The summed E-state index contributed by atoms with van der Waals surface area (Å²) in [5.74, 6) is 0.563. The van der Waals surface area contributed by atoms with Gasteiger partial charge in [-0.15, -0.1) is 0 Å². The first-order valence-corrected chi connectivity index (χ1v) is 7.00. The highest BCUT2D eigenvalue weighted by molar-refractivity contribution is 5.89. The SMILES string of the molecule is NCCCC(=O)Nc1ccc(NC2CCCC2)cn1. The number of carbonyl (C=O) groups excluding carboxylic acids is 1. The Morgan fingerprint density at radius 2 is 2.16 bits per heavy atom. The van der Waals surface area contributed by atoms with Crippen LogP contribution in [0, 0.1) is 0 Å². The van der Waals surface area contributed by atoms with Crippen molar-refractivity contribution >= 4 is 17.4 Å². The summed E-state index contributed by atoms with van der Waals surface area (Å²) in [5, 5.41) is 6.23. The number of hydrogen-bond acceptors (Lipinski definition) is 4. The molecule has 0 aliphatic heterocycles. The highest BCUT2D eigenvalue weighted by atomic mass is 16.1. The highest BCUT2D eigenvalue weighted by Crippen LogP contribution is 2.22. The lowest BCUT2D eigenvalue weighted by atomic mass is 10.2. The van der Waals surface area contributed by atoms with Crippen LogP contribution in [0.15, 0.2) is 18.3 Å². The first kappa shape index (κ1) is 13.8. The largest absolute Gasteiger partial charge is 0.381 e. The van der Waals surface area contributed by atoms with Gasteiger partial charge in [-0.25, -0.2) is 4.98 Å². The van der Waals surface area contributed by atoms with Gasteiger partial charge in [0.2, 0.25) is 5.91 Å². The summed E-state index contributed by atoms with van der Waals surface area (Å²) >= 11 is 0. The number of rotatable bonds is 6. The van der Waals surface area contributed by atoms with Crippen LogP contribution in [0.4, 0.5) is 11.5 Å². The molecule has 0 bridgehead atoms. The van der Waals surface area contributed by atoms with Gasteiger partial charge in [0.05, 0.1) is 11.9 Å². The maximum absolute atomic E-state index is 11.5. The van der Waals surface area contributed by atoms with Crippen molar-refractivity contribution in [2.45, 2.75) is 44.6 Å². The molecule has 19 heavy (non-hydrogen) atoms. The summed E-state index contributed by atoms with van der Waals surface area (Å²) in [6.07, 6.45) is 8.00. The summed E-state index contributed by atoms with van der Waals surface area (Å²) in [6.45, 7) is 0.533. The van der Waals surface area contributed by atoms with Gasteiger partial charge in [0.15, 0.2) is 0 Å². The standard InChI is InChI=1S/C14H22N4O/c15-9-3-6-14(19)18-13-8-7-12(10-16-13)17-11-4-1-2-5-11/h7-8,10-11,17H,1-6,9,15H2,(H,16,18,19). The van der Waals surface area contributed by atoms with Crippen LogP contribution in [-0.2, 0) is 4.79 Å². The molecule has 0 spiro atoms. The minimum atomic E-state index is -0.0329. The quantitative estimate of drug-likeness (QED) is 0.733. The van der Waals surface area contributed by atoms with Crippen molar-refractivity contribution in [3.8, 4) is 0 Å². The summed E-state index contributed by atoms with van der Waals surface area (Å²) < 4.78 is 0. The Morgan fingerprint density at radius 1 is 1.37 bits per heavy atom. The van der Waals surface area contributed by atoms with E-state index in [0.717, 1.165) is 5.69 Å². The van der Waals surface area contributed by atoms with E-state index in [1.807, 2.05) is 12.1 Å². The van der Waals surface area contributed by atoms with E-state index in [-0.39, 0.29) is 5.91 Å². The highest BCUT2D eigenvalue weighted by Gasteiger charge is 2.14. The van der Waals surface area contributed by atoms with Gasteiger partial charge >= 0.3 is 0 Å². The second-order valence-electron chi connectivity index (χ2n) is 5.00. The van der Waals surface area contributed by atoms with Gasteiger partial charge in [0.25, 0.3) is 0 Å². The fourth-order valence-corrected chi connectivity index (χ4v) is 2.33. The van der Waals surface area contributed by atoms with Crippen LogP contribution in [0.3, 0.4) is 0 Å². The van der Waals surface area contributed by atoms with E-state index in [1.165, 1.54) is 25.7 Å². The van der Waals surface area contributed by atoms with Crippen molar-refractivity contribution in [2.75, 3.05) is 17.2 Å². The first-order chi connectivity index (χ1) is 9.28. The molecule has 0 radical (unpaired) electrons. The maximum atomic E-state index is 11.5. The molecular formula is C14H22N4O. The van der Waals surface area contributed by atoms with Gasteiger partial charge < -0.3 is 16.4 Å². The Bertz CT molecular complexity index is 398. The van der Waals surface area contributed by atoms with Crippen LogP contribution in [-0.4, -0.2) is 23.5 Å². The summed E-state index contributed by atoms with van der Waals surface area (Å²) in [6, 6.07) is 4.37. The van der Waals surface area contributed by atoms with Gasteiger partial charge in [-0.3, -0.25) is 4.79 Å². The van der Waals surface area contributed by atoms with Crippen molar-refractivity contribution in [3.05, 3.63) is 18.3 Å². The zero-order valence-corrected chi connectivity index (χ0v) is 11.2. The third-order valence-corrected chi connectivity index (χ3v) is 3.36. The molecule has 1 fully saturated rings. The number of nitrogens with zero attached hydrogens (tertiary/aromatic N) is 1. The Labute approximate surface area is 114 Å². The van der Waals surface area contributed by atoms with E-state index in [1.54, 1.807) is 6.20 Å². The predicted octanol–water partition coefficient (Wildman–Crippen LogP) is 2.11. The molecule has 1 aromatic heterocycles. The van der Waals surface area contributed by atoms with Crippen molar-refractivity contribution in [2.24, 2.45) is 5.73 Å². The van der Waals surface area contributed by atoms with Crippen molar-refractivity contribution in [1.82, 2.24) is 4.98 Å². The molecule has 0 saturated heterocycles. The molecule has 1 amide bonds. The van der Waals surface area contributed by atoms with Crippen molar-refractivity contribution in [3.63, 3.8) is 0 Å². The average Bonchev–Trinajstić information content (AvgIpc) is 2.91. The number of amides is 1. The number of nitrogens with one attached hydrogen (secondary N) is 2. The first-order valence-electron chi connectivity index (χ1n) is 7.00. The number of carbonyl (C=O) groups is 1. The van der Waals surface area contributed by atoms with E-state index in [2.05, 4.69) is 15.6 Å². The minimum absolute atomic E-state index is 0.0329. The second kappa shape index (κ2) is 7.09. The Hall–Kier alpha value is -1.62. The molecule has 1 heterocycles. The van der Waals surface area contributed by atoms with Gasteiger partial charge in [-0.1, -0.05) is 12.8 Å². The molecule has 1 aliphatic carbocycles. The number of nitrogens with two attached hydrogens (primary N) is 1. The molecule has 2 rings (SSSR count).